The van der Waals surface area contributed by atoms with Crippen LogP contribution in [0.1, 0.15) is 41.5 Å². The van der Waals surface area contributed by atoms with Gasteiger partial charge in [-0.15, -0.1) is 11.3 Å². The third-order valence-corrected chi connectivity index (χ3v) is 5.34. The van der Waals surface area contributed by atoms with Gasteiger partial charge in [0.2, 0.25) is 5.91 Å². The molecule has 1 aliphatic rings. The number of benzene rings is 1. The van der Waals surface area contributed by atoms with Crippen molar-refractivity contribution in [2.75, 3.05) is 13.1 Å². The zero-order chi connectivity index (χ0) is 16.4. The molecule has 1 aromatic carbocycles. The fraction of sp³-hybridized carbons (Fsp3) is 0.421. The highest BCUT2D eigenvalue weighted by atomic mass is 32.1. The van der Waals surface area contributed by atoms with Crippen molar-refractivity contribution < 1.29 is 4.79 Å². The minimum Gasteiger partial charge on any atom is -0.330 e. The molecule has 1 amide bonds. The Morgan fingerprint density at radius 2 is 2.04 bits per heavy atom. The number of carbonyl (C=O) groups excluding carboxylic acids is 1. The minimum atomic E-state index is 0.0482. The summed E-state index contributed by atoms with van der Waals surface area (Å²) in [5.41, 5.74) is 3.74. The third-order valence-electron chi connectivity index (χ3n) is 4.34. The summed E-state index contributed by atoms with van der Waals surface area (Å²) in [5.74, 6) is 0.182. The van der Waals surface area contributed by atoms with Gasteiger partial charge in [0.15, 0.2) is 0 Å². The Hall–Kier alpha value is -1.65. The zero-order valence-corrected chi connectivity index (χ0v) is 14.8. The van der Waals surface area contributed by atoms with Crippen molar-refractivity contribution in [3.05, 3.63) is 57.3 Å². The molecule has 3 nitrogen and oxygen atoms in total. The smallest absolute Gasteiger partial charge is 0.237 e. The second kappa shape index (κ2) is 6.85. The predicted molar refractivity (Wildman–Crippen MR) is 95.9 cm³/mol. The van der Waals surface area contributed by atoms with E-state index in [0.29, 0.717) is 12.6 Å². The normalized spacial score (nSPS) is 17.4. The topological polar surface area (TPSA) is 32.3 Å². The molecule has 2 heterocycles. The molecule has 0 radical (unpaired) electrons. The molecule has 0 unspecified atom stereocenters. The summed E-state index contributed by atoms with van der Waals surface area (Å²) in [6.45, 7) is 7.43. The molecule has 1 aromatic heterocycles. The maximum atomic E-state index is 12.8. The van der Waals surface area contributed by atoms with Gasteiger partial charge in [-0.3, -0.25) is 4.79 Å². The molecule has 0 saturated heterocycles. The number of fused-ring (bicyclic) bond motifs is 1. The molecule has 1 aliphatic heterocycles. The van der Waals surface area contributed by atoms with E-state index >= 15 is 0 Å². The van der Waals surface area contributed by atoms with Gasteiger partial charge in [-0.1, -0.05) is 43.7 Å². The van der Waals surface area contributed by atoms with Crippen LogP contribution < -0.4 is 5.32 Å². The van der Waals surface area contributed by atoms with Gasteiger partial charge in [0.1, 0.15) is 0 Å². The van der Waals surface area contributed by atoms with Crippen molar-refractivity contribution in [1.29, 1.82) is 0 Å². The van der Waals surface area contributed by atoms with Crippen molar-refractivity contribution >= 4 is 17.2 Å². The van der Waals surface area contributed by atoms with Gasteiger partial charge in [-0.2, -0.15) is 0 Å². The highest BCUT2D eigenvalue weighted by Crippen LogP contribution is 2.37. The Kier molecular flexibility index (Phi) is 4.83. The number of hydrogen-bond acceptors (Lipinski definition) is 3. The summed E-state index contributed by atoms with van der Waals surface area (Å²) >= 11 is 1.81. The second-order valence-electron chi connectivity index (χ2n) is 6.49. The number of nitrogens with zero attached hydrogens (tertiary/aromatic N) is 1. The van der Waals surface area contributed by atoms with Gasteiger partial charge < -0.3 is 10.2 Å². The molecular formula is C19H24N2OS. The molecular weight excluding hydrogens is 304 g/mol. The summed E-state index contributed by atoms with van der Waals surface area (Å²) in [7, 11) is 0. The molecule has 0 bridgehead atoms. The molecule has 0 spiro atoms. The first-order chi connectivity index (χ1) is 11.1. The standard InChI is InChI=1S/C19H24N2OS/c1-13(2)20-12-18(22)21-10-8-17-16(9-11-23-17)19(21)15-6-4-14(3)5-7-15/h4-7,9,11,13,19-20H,8,10,12H2,1-3H3/t19-/m1/s1. The highest BCUT2D eigenvalue weighted by molar-refractivity contribution is 7.10. The molecule has 1 atom stereocenters. The lowest BCUT2D eigenvalue weighted by Crippen LogP contribution is -2.45. The van der Waals surface area contributed by atoms with Crippen molar-refractivity contribution in [1.82, 2.24) is 10.2 Å². The maximum absolute atomic E-state index is 12.8. The van der Waals surface area contributed by atoms with E-state index in [1.165, 1.54) is 21.6 Å². The Bertz CT molecular complexity index is 675. The van der Waals surface area contributed by atoms with E-state index in [1.54, 1.807) is 11.3 Å². The van der Waals surface area contributed by atoms with Crippen molar-refractivity contribution in [3.8, 4) is 0 Å². The molecule has 0 fully saturated rings. The number of rotatable bonds is 4. The van der Waals surface area contributed by atoms with Gasteiger partial charge in [0.25, 0.3) is 0 Å². The number of nitrogens with one attached hydrogen (secondary N) is 1. The number of carbonyl (C=O) groups is 1. The van der Waals surface area contributed by atoms with Crippen LogP contribution in [0, 0.1) is 6.92 Å². The Balaban J connectivity index is 1.92. The van der Waals surface area contributed by atoms with E-state index in [1.807, 2.05) is 4.90 Å². The average molecular weight is 328 g/mol. The lowest BCUT2D eigenvalue weighted by atomic mass is 9.92. The van der Waals surface area contributed by atoms with Gasteiger partial charge in [0.05, 0.1) is 12.6 Å². The van der Waals surface area contributed by atoms with E-state index in [-0.39, 0.29) is 11.9 Å². The first kappa shape index (κ1) is 16.2. The van der Waals surface area contributed by atoms with Gasteiger partial charge in [0, 0.05) is 17.5 Å². The van der Waals surface area contributed by atoms with E-state index in [9.17, 15) is 4.79 Å². The average Bonchev–Trinajstić information content (AvgIpc) is 3.01. The molecule has 4 heteroatoms. The summed E-state index contributed by atoms with van der Waals surface area (Å²) in [6, 6.07) is 11.1. The molecule has 1 N–H and O–H groups in total. The predicted octanol–water partition coefficient (Wildman–Crippen LogP) is 3.53. The molecule has 0 aliphatic carbocycles. The van der Waals surface area contributed by atoms with E-state index in [2.05, 4.69) is 61.8 Å². The highest BCUT2D eigenvalue weighted by Gasteiger charge is 2.32. The number of thiophene rings is 1. The first-order valence-corrected chi connectivity index (χ1v) is 9.10. The van der Waals surface area contributed by atoms with Crippen LogP contribution in [0.25, 0.3) is 0 Å². The van der Waals surface area contributed by atoms with Crippen LogP contribution in [-0.2, 0) is 11.2 Å². The second-order valence-corrected chi connectivity index (χ2v) is 7.49. The lowest BCUT2D eigenvalue weighted by Gasteiger charge is -2.36. The summed E-state index contributed by atoms with van der Waals surface area (Å²) in [6.07, 6.45) is 0.961. The first-order valence-electron chi connectivity index (χ1n) is 8.22. The Morgan fingerprint density at radius 3 is 2.74 bits per heavy atom. The minimum absolute atomic E-state index is 0.0482. The van der Waals surface area contributed by atoms with Crippen LogP contribution >= 0.6 is 11.3 Å². The summed E-state index contributed by atoms with van der Waals surface area (Å²) in [5, 5.41) is 5.40. The Morgan fingerprint density at radius 1 is 1.30 bits per heavy atom. The van der Waals surface area contributed by atoms with Crippen LogP contribution in [0.5, 0.6) is 0 Å². The SMILES string of the molecule is Cc1ccc([C@@H]2c3ccsc3CCN2C(=O)CNC(C)C)cc1. The fourth-order valence-electron chi connectivity index (χ4n) is 3.09. The van der Waals surface area contributed by atoms with Crippen LogP contribution in [0.3, 0.4) is 0 Å². The summed E-state index contributed by atoms with van der Waals surface area (Å²) in [4.78, 5) is 16.2. The zero-order valence-electron chi connectivity index (χ0n) is 14.0. The van der Waals surface area contributed by atoms with Crippen LogP contribution in [0.2, 0.25) is 0 Å². The maximum Gasteiger partial charge on any atom is 0.237 e. The van der Waals surface area contributed by atoms with Crippen molar-refractivity contribution in [3.63, 3.8) is 0 Å². The van der Waals surface area contributed by atoms with Gasteiger partial charge >= 0.3 is 0 Å². The molecule has 3 rings (SSSR count). The number of hydrogen-bond donors (Lipinski definition) is 1. The van der Waals surface area contributed by atoms with Gasteiger partial charge in [-0.25, -0.2) is 0 Å². The molecule has 23 heavy (non-hydrogen) atoms. The monoisotopic (exact) mass is 328 g/mol. The number of aryl methyl sites for hydroxylation is 1. The van der Waals surface area contributed by atoms with Crippen LogP contribution in [0.15, 0.2) is 35.7 Å². The van der Waals surface area contributed by atoms with Crippen molar-refractivity contribution in [2.24, 2.45) is 0 Å². The largest absolute Gasteiger partial charge is 0.330 e. The molecule has 122 valence electrons. The van der Waals surface area contributed by atoms with Crippen LogP contribution in [-0.4, -0.2) is 29.9 Å². The molecule has 2 aromatic rings. The van der Waals surface area contributed by atoms with E-state index in [4.69, 9.17) is 0 Å². The fourth-order valence-corrected chi connectivity index (χ4v) is 3.99. The number of amides is 1. The van der Waals surface area contributed by atoms with E-state index in [0.717, 1.165) is 13.0 Å². The lowest BCUT2D eigenvalue weighted by molar-refractivity contribution is -0.132. The quantitative estimate of drug-likeness (QED) is 0.931. The van der Waals surface area contributed by atoms with Gasteiger partial charge in [-0.05, 0) is 35.9 Å². The third kappa shape index (κ3) is 3.48. The Labute approximate surface area is 142 Å². The summed E-state index contributed by atoms with van der Waals surface area (Å²) < 4.78 is 0. The van der Waals surface area contributed by atoms with Crippen molar-refractivity contribution in [2.45, 2.75) is 39.3 Å². The molecule has 0 saturated carbocycles. The van der Waals surface area contributed by atoms with E-state index < -0.39 is 0 Å². The van der Waals surface area contributed by atoms with Crippen LogP contribution in [0.4, 0.5) is 0 Å².